The second kappa shape index (κ2) is 11.7. The summed E-state index contributed by atoms with van der Waals surface area (Å²) in [6.07, 6.45) is 0. The average molecular weight is 325 g/mol. The zero-order valence-electron chi connectivity index (χ0n) is 10.5. The van der Waals surface area contributed by atoms with Crippen LogP contribution < -0.4 is 74.6 Å². The Morgan fingerprint density at radius 2 is 1.29 bits per heavy atom. The molecule has 0 fully saturated rings. The van der Waals surface area contributed by atoms with E-state index in [0.717, 1.165) is 6.92 Å². The van der Waals surface area contributed by atoms with Crippen molar-refractivity contribution >= 4 is 74.3 Å². The van der Waals surface area contributed by atoms with Crippen molar-refractivity contribution in [3.63, 3.8) is 0 Å². The van der Waals surface area contributed by atoms with Gasteiger partial charge >= 0.3 is 59.1 Å². The largest absolute Gasteiger partial charge is 1.00 e. The molecule has 17 heavy (non-hydrogen) atoms. The SMILES string of the molecule is C[C@H](N)C(O)(P(=O)([O-])O)P(=O)([O-])O.[Na+].[Na+].[Na].[Na]. The molecule has 82 valence electrons. The summed E-state index contributed by atoms with van der Waals surface area (Å²) in [4.78, 5) is 37.7. The summed E-state index contributed by atoms with van der Waals surface area (Å²) >= 11 is 0. The molecule has 0 amide bonds. The number of rotatable bonds is 3. The van der Waals surface area contributed by atoms with Gasteiger partial charge in [0.1, 0.15) is 0 Å². The van der Waals surface area contributed by atoms with Crippen molar-refractivity contribution in [2.24, 2.45) is 5.73 Å². The number of nitrogens with two attached hydrogens (primary N) is 1. The minimum absolute atomic E-state index is 0. The molecule has 3 atom stereocenters. The van der Waals surface area contributed by atoms with Crippen LogP contribution in [0.1, 0.15) is 6.92 Å². The van der Waals surface area contributed by atoms with E-state index in [2.05, 4.69) is 0 Å². The normalized spacial score (nSPS) is 21.6. The monoisotopic (exact) mass is 325 g/mol. The van der Waals surface area contributed by atoms with Crippen molar-refractivity contribution in [2.75, 3.05) is 0 Å². The molecule has 2 radical (unpaired) electrons. The second-order valence-corrected chi connectivity index (χ2v) is 6.31. The summed E-state index contributed by atoms with van der Waals surface area (Å²) in [5.74, 6) is 0. The second-order valence-electron chi connectivity index (χ2n) is 2.52. The Kier molecular flexibility index (Phi) is 22.8. The third kappa shape index (κ3) is 8.43. The third-order valence-corrected chi connectivity index (χ3v) is 5.44. The van der Waals surface area contributed by atoms with Gasteiger partial charge in [0.05, 0.1) is 0 Å². The van der Waals surface area contributed by atoms with Gasteiger partial charge in [0.2, 0.25) is 5.08 Å². The molecule has 0 aromatic heterocycles. The van der Waals surface area contributed by atoms with E-state index in [1.54, 1.807) is 0 Å². The van der Waals surface area contributed by atoms with Crippen LogP contribution in [0, 0.1) is 0 Å². The molecule has 0 heterocycles. The number of hydrogen-bond acceptors (Lipinski definition) is 6. The minimum atomic E-state index is -5.71. The van der Waals surface area contributed by atoms with Crippen molar-refractivity contribution in [3.05, 3.63) is 0 Å². The number of aliphatic hydroxyl groups is 1. The molecule has 0 rings (SSSR count). The van der Waals surface area contributed by atoms with Crippen molar-refractivity contribution < 1.29 is 92.9 Å². The fourth-order valence-electron chi connectivity index (χ4n) is 0.674. The van der Waals surface area contributed by atoms with Gasteiger partial charge in [0.25, 0.3) is 0 Å². The first-order valence-corrected chi connectivity index (χ1v) is 6.16. The van der Waals surface area contributed by atoms with E-state index in [1.807, 2.05) is 0 Å². The summed E-state index contributed by atoms with van der Waals surface area (Å²) in [7, 11) is -11.4. The van der Waals surface area contributed by atoms with Crippen LogP contribution in [0.5, 0.6) is 0 Å². The van der Waals surface area contributed by atoms with Crippen LogP contribution in [0.3, 0.4) is 0 Å². The first-order valence-electron chi connectivity index (χ1n) is 3.00. The third-order valence-electron chi connectivity index (χ3n) is 1.44. The summed E-state index contributed by atoms with van der Waals surface area (Å²) in [5.41, 5.74) is 4.83. The fraction of sp³-hybridized carbons (Fsp3) is 1.00. The van der Waals surface area contributed by atoms with Gasteiger partial charge in [-0.3, -0.25) is 0 Å². The maximum absolute atomic E-state index is 10.5. The standard InChI is InChI=1S/C3H11NO7P2.4Na/c1-2(4)3(5,12(6,7)8)13(9,10)11;;;;/h2,5H,4H2,1H3,(H2,6,7,8)(H2,9,10,11);;;;/q;;;2*+1/p-2/t2-;;;;/m0..../s1. The first-order chi connectivity index (χ1) is 5.44. The quantitative estimate of drug-likeness (QED) is 0.293. The summed E-state index contributed by atoms with van der Waals surface area (Å²) in [6.45, 7) is 0.807. The minimum Gasteiger partial charge on any atom is -0.776 e. The summed E-state index contributed by atoms with van der Waals surface area (Å²) < 4.78 is 20.9. The van der Waals surface area contributed by atoms with Crippen LogP contribution in [0.2, 0.25) is 0 Å². The Hall–Kier alpha value is 4.22. The van der Waals surface area contributed by atoms with E-state index < -0.39 is 26.3 Å². The van der Waals surface area contributed by atoms with Crippen molar-refractivity contribution in [2.45, 2.75) is 18.0 Å². The Morgan fingerprint density at radius 1 is 1.12 bits per heavy atom. The maximum Gasteiger partial charge on any atom is 1.00 e. The van der Waals surface area contributed by atoms with Crippen LogP contribution in [-0.2, 0) is 9.13 Å². The molecule has 8 nitrogen and oxygen atoms in total. The molecule has 0 saturated heterocycles. The van der Waals surface area contributed by atoms with Crippen LogP contribution >= 0.6 is 15.2 Å². The molecule has 0 aliphatic carbocycles. The predicted octanol–water partition coefficient (Wildman–Crippen LogP) is -9.68. The average Bonchev–Trinajstić information content (AvgIpc) is 1.80. The van der Waals surface area contributed by atoms with Crippen LogP contribution in [0.15, 0.2) is 0 Å². The Morgan fingerprint density at radius 3 is 1.29 bits per heavy atom. The van der Waals surface area contributed by atoms with Crippen molar-refractivity contribution in [1.29, 1.82) is 0 Å². The Bertz CT molecular complexity index is 267. The summed E-state index contributed by atoms with van der Waals surface area (Å²) in [6, 6.07) is -1.88. The van der Waals surface area contributed by atoms with Crippen LogP contribution in [0.25, 0.3) is 0 Å². The molecule has 0 aliphatic heterocycles. The molecule has 0 aromatic rings. The fourth-order valence-corrected chi connectivity index (χ4v) is 2.98. The molecule has 0 saturated carbocycles. The van der Waals surface area contributed by atoms with Crippen LogP contribution in [0.4, 0.5) is 0 Å². The molecule has 0 spiro atoms. The molecular weight excluding hydrogens is 316 g/mol. The first kappa shape index (κ1) is 33.0. The molecular formula is C3H9NNa4O7P2. The molecule has 0 aliphatic rings. The van der Waals surface area contributed by atoms with E-state index in [1.165, 1.54) is 0 Å². The zero-order valence-corrected chi connectivity index (χ0v) is 20.3. The van der Waals surface area contributed by atoms with Crippen LogP contribution in [-0.4, -0.2) is 85.1 Å². The van der Waals surface area contributed by atoms with E-state index in [9.17, 15) is 18.9 Å². The smallest absolute Gasteiger partial charge is 0.776 e. The van der Waals surface area contributed by atoms with Gasteiger partial charge in [0, 0.05) is 65.2 Å². The van der Waals surface area contributed by atoms with Gasteiger partial charge in [-0.15, -0.1) is 0 Å². The van der Waals surface area contributed by atoms with Gasteiger partial charge < -0.3 is 39.5 Å². The maximum atomic E-state index is 10.5. The Labute approximate surface area is 187 Å². The van der Waals surface area contributed by atoms with Gasteiger partial charge in [-0.1, -0.05) is 0 Å². The van der Waals surface area contributed by atoms with Gasteiger partial charge in [-0.25, -0.2) is 0 Å². The van der Waals surface area contributed by atoms with Crippen molar-refractivity contribution in [3.8, 4) is 0 Å². The molecule has 5 N–H and O–H groups in total. The topological polar surface area (TPSA) is 167 Å². The van der Waals surface area contributed by atoms with E-state index >= 15 is 0 Å². The zero-order chi connectivity index (χ0) is 11.1. The molecule has 0 aromatic carbocycles. The van der Waals surface area contributed by atoms with Gasteiger partial charge in [0.15, 0.2) is 15.2 Å². The van der Waals surface area contributed by atoms with E-state index in [-0.39, 0.29) is 118 Å². The molecule has 0 bridgehead atoms. The van der Waals surface area contributed by atoms with Crippen molar-refractivity contribution in [1.82, 2.24) is 0 Å². The van der Waals surface area contributed by atoms with Gasteiger partial charge in [-0.2, -0.15) is 0 Å². The van der Waals surface area contributed by atoms with E-state index in [0.29, 0.717) is 0 Å². The van der Waals surface area contributed by atoms with E-state index in [4.69, 9.17) is 20.6 Å². The van der Waals surface area contributed by atoms with Gasteiger partial charge in [-0.05, 0) is 6.92 Å². The molecule has 14 heteroatoms. The predicted molar refractivity (Wildman–Crippen MR) is 49.8 cm³/mol. The number of hydrogen-bond donors (Lipinski definition) is 4. The molecule has 2 unspecified atom stereocenters. The Balaban J connectivity index is -0.000000120. The summed E-state index contributed by atoms with van der Waals surface area (Å²) in [5, 5.41) is 5.25.